The number of rotatable bonds is 6. The molecule has 0 spiro atoms. The zero-order valence-corrected chi connectivity index (χ0v) is 11.1. The highest BCUT2D eigenvalue weighted by Crippen LogP contribution is 2.20. The van der Waals surface area contributed by atoms with Gasteiger partial charge in [-0.05, 0) is 19.2 Å². The third-order valence-corrected chi connectivity index (χ3v) is 2.48. The van der Waals surface area contributed by atoms with E-state index < -0.39 is 5.82 Å². The Bertz CT molecular complexity index is 578. The number of ether oxygens (including phenoxy) is 1. The van der Waals surface area contributed by atoms with Crippen LogP contribution >= 0.6 is 0 Å². The van der Waals surface area contributed by atoms with Gasteiger partial charge in [-0.2, -0.15) is 4.98 Å². The highest BCUT2D eigenvalue weighted by molar-refractivity contribution is 5.56. The zero-order chi connectivity index (χ0) is 14.4. The van der Waals surface area contributed by atoms with E-state index in [1.165, 1.54) is 0 Å². The minimum atomic E-state index is -0.639. The average molecular weight is 277 g/mol. The highest BCUT2D eigenvalue weighted by Gasteiger charge is 2.04. The summed E-state index contributed by atoms with van der Waals surface area (Å²) in [7, 11) is 1.86. The van der Waals surface area contributed by atoms with E-state index >= 15 is 0 Å². The molecule has 1 aromatic carbocycles. The smallest absolute Gasteiger partial charge is 0.229 e. The van der Waals surface area contributed by atoms with Gasteiger partial charge < -0.3 is 21.1 Å². The Labute approximate surface area is 116 Å². The molecule has 4 N–H and O–H groups in total. The molecule has 0 saturated carbocycles. The third-order valence-electron chi connectivity index (χ3n) is 2.48. The Morgan fingerprint density at radius 1 is 1.40 bits per heavy atom. The second kappa shape index (κ2) is 6.67. The molecule has 0 saturated heterocycles. The van der Waals surface area contributed by atoms with Crippen molar-refractivity contribution in [3.63, 3.8) is 0 Å². The van der Waals surface area contributed by atoms with E-state index in [4.69, 9.17) is 10.5 Å². The molecule has 0 unspecified atom stereocenters. The van der Waals surface area contributed by atoms with Crippen molar-refractivity contribution in [1.82, 2.24) is 15.3 Å². The lowest BCUT2D eigenvalue weighted by Crippen LogP contribution is -2.15. The number of anilines is 3. The Balaban J connectivity index is 2.05. The van der Waals surface area contributed by atoms with Gasteiger partial charge in [-0.1, -0.05) is 6.07 Å². The largest absolute Gasteiger partial charge is 0.492 e. The minimum Gasteiger partial charge on any atom is -0.492 e. The molecule has 0 aliphatic rings. The van der Waals surface area contributed by atoms with Crippen molar-refractivity contribution < 1.29 is 9.13 Å². The van der Waals surface area contributed by atoms with Crippen molar-refractivity contribution in [2.24, 2.45) is 0 Å². The Hall–Kier alpha value is -2.41. The molecule has 0 atom stereocenters. The van der Waals surface area contributed by atoms with Crippen LogP contribution in [0.25, 0.3) is 0 Å². The summed E-state index contributed by atoms with van der Waals surface area (Å²) in [5, 5.41) is 5.93. The Morgan fingerprint density at radius 3 is 3.00 bits per heavy atom. The number of nitrogens with one attached hydrogen (secondary N) is 2. The SMILES string of the molecule is CNCCOc1cccc(Nc2ncc(F)c(N)n2)c1. The molecule has 2 rings (SSSR count). The fourth-order valence-corrected chi connectivity index (χ4v) is 1.50. The van der Waals surface area contributed by atoms with Gasteiger partial charge >= 0.3 is 0 Å². The van der Waals surface area contributed by atoms with E-state index in [0.29, 0.717) is 6.61 Å². The Morgan fingerprint density at radius 2 is 2.25 bits per heavy atom. The summed E-state index contributed by atoms with van der Waals surface area (Å²) in [6.07, 6.45) is 1.03. The van der Waals surface area contributed by atoms with Crippen molar-refractivity contribution in [2.45, 2.75) is 0 Å². The van der Waals surface area contributed by atoms with Gasteiger partial charge in [0.15, 0.2) is 11.6 Å². The van der Waals surface area contributed by atoms with E-state index in [9.17, 15) is 4.39 Å². The first kappa shape index (κ1) is 14.0. The highest BCUT2D eigenvalue weighted by atomic mass is 19.1. The summed E-state index contributed by atoms with van der Waals surface area (Å²) >= 11 is 0. The summed E-state index contributed by atoms with van der Waals surface area (Å²) in [6, 6.07) is 7.32. The molecule has 1 heterocycles. The van der Waals surface area contributed by atoms with Gasteiger partial charge in [0.2, 0.25) is 5.95 Å². The first-order valence-electron chi connectivity index (χ1n) is 6.11. The van der Waals surface area contributed by atoms with Crippen molar-refractivity contribution in [3.05, 3.63) is 36.3 Å². The maximum Gasteiger partial charge on any atom is 0.229 e. The molecule has 7 heteroatoms. The summed E-state index contributed by atoms with van der Waals surface area (Å²) < 4.78 is 18.5. The molecule has 106 valence electrons. The molecule has 0 bridgehead atoms. The normalized spacial score (nSPS) is 10.3. The van der Waals surface area contributed by atoms with Gasteiger partial charge in [0, 0.05) is 18.3 Å². The van der Waals surface area contributed by atoms with E-state index in [1.54, 1.807) is 6.07 Å². The fraction of sp³-hybridized carbons (Fsp3) is 0.231. The molecule has 0 aliphatic heterocycles. The molecule has 20 heavy (non-hydrogen) atoms. The van der Waals surface area contributed by atoms with Crippen molar-refractivity contribution in [3.8, 4) is 5.75 Å². The van der Waals surface area contributed by atoms with Crippen LogP contribution in [-0.4, -0.2) is 30.2 Å². The molecule has 1 aromatic heterocycles. The molecule has 6 nitrogen and oxygen atoms in total. The molecule has 2 aromatic rings. The number of hydrogen-bond donors (Lipinski definition) is 3. The van der Waals surface area contributed by atoms with Crippen LogP contribution in [-0.2, 0) is 0 Å². The van der Waals surface area contributed by atoms with E-state index in [-0.39, 0.29) is 11.8 Å². The van der Waals surface area contributed by atoms with E-state index in [2.05, 4.69) is 20.6 Å². The van der Waals surface area contributed by atoms with Gasteiger partial charge in [0.25, 0.3) is 0 Å². The first-order valence-corrected chi connectivity index (χ1v) is 6.11. The van der Waals surface area contributed by atoms with Gasteiger partial charge in [-0.15, -0.1) is 0 Å². The molecule has 0 amide bonds. The second-order valence-corrected chi connectivity index (χ2v) is 4.03. The van der Waals surface area contributed by atoms with Crippen LogP contribution in [0.4, 0.5) is 21.8 Å². The number of hydrogen-bond acceptors (Lipinski definition) is 6. The number of halogens is 1. The van der Waals surface area contributed by atoms with Crippen LogP contribution in [0.2, 0.25) is 0 Å². The zero-order valence-electron chi connectivity index (χ0n) is 11.1. The number of nitrogens with zero attached hydrogens (tertiary/aromatic N) is 2. The van der Waals surface area contributed by atoms with Gasteiger partial charge in [-0.25, -0.2) is 9.37 Å². The molecule has 0 radical (unpaired) electrons. The Kier molecular flexibility index (Phi) is 4.67. The number of likely N-dealkylation sites (N-methyl/N-ethyl adjacent to an activating group) is 1. The number of nitrogen functional groups attached to an aromatic ring is 1. The summed E-state index contributed by atoms with van der Waals surface area (Å²) in [5.74, 6) is 0.125. The van der Waals surface area contributed by atoms with Crippen LogP contribution in [0.1, 0.15) is 0 Å². The number of nitrogens with two attached hydrogens (primary N) is 1. The summed E-state index contributed by atoms with van der Waals surface area (Å²) in [4.78, 5) is 7.61. The van der Waals surface area contributed by atoms with Gasteiger partial charge in [-0.3, -0.25) is 0 Å². The summed E-state index contributed by atoms with van der Waals surface area (Å²) in [6.45, 7) is 1.33. The minimum absolute atomic E-state index is 0.191. The van der Waals surface area contributed by atoms with Crippen molar-refractivity contribution >= 4 is 17.5 Å². The second-order valence-electron chi connectivity index (χ2n) is 4.03. The number of benzene rings is 1. The molecular weight excluding hydrogens is 261 g/mol. The topological polar surface area (TPSA) is 85.1 Å². The molecule has 0 aliphatic carbocycles. The predicted octanol–water partition coefficient (Wildman–Crippen LogP) is 1.54. The van der Waals surface area contributed by atoms with Gasteiger partial charge in [0.1, 0.15) is 12.4 Å². The summed E-state index contributed by atoms with van der Waals surface area (Å²) in [5.41, 5.74) is 6.12. The maximum absolute atomic E-state index is 13.0. The first-order chi connectivity index (χ1) is 9.69. The van der Waals surface area contributed by atoms with Gasteiger partial charge in [0.05, 0.1) is 6.20 Å². The molecular formula is C13H16FN5O. The van der Waals surface area contributed by atoms with E-state index in [1.807, 2.05) is 25.2 Å². The third kappa shape index (κ3) is 3.79. The lowest BCUT2D eigenvalue weighted by atomic mass is 10.3. The maximum atomic E-state index is 13.0. The van der Waals surface area contributed by atoms with Crippen molar-refractivity contribution in [1.29, 1.82) is 0 Å². The van der Waals surface area contributed by atoms with Crippen LogP contribution in [0.3, 0.4) is 0 Å². The molecule has 0 fully saturated rings. The lowest BCUT2D eigenvalue weighted by Gasteiger charge is -2.09. The standard InChI is InChI=1S/C13H16FN5O/c1-16-5-6-20-10-4-2-3-9(7-10)18-13-17-8-11(14)12(15)19-13/h2-4,7-8,16H,5-6H2,1H3,(H3,15,17,18,19). The van der Waals surface area contributed by atoms with Crippen LogP contribution in [0.15, 0.2) is 30.5 Å². The van der Waals surface area contributed by atoms with Crippen LogP contribution in [0, 0.1) is 5.82 Å². The fourth-order valence-electron chi connectivity index (χ4n) is 1.50. The quantitative estimate of drug-likeness (QED) is 0.694. The van der Waals surface area contributed by atoms with E-state index in [0.717, 1.165) is 24.2 Å². The van der Waals surface area contributed by atoms with Crippen LogP contribution < -0.4 is 21.1 Å². The monoisotopic (exact) mass is 277 g/mol. The predicted molar refractivity (Wildman–Crippen MR) is 75.5 cm³/mol. The van der Waals surface area contributed by atoms with Crippen molar-refractivity contribution in [2.75, 3.05) is 31.2 Å². The average Bonchev–Trinajstić information content (AvgIpc) is 2.44. The lowest BCUT2D eigenvalue weighted by molar-refractivity contribution is 0.318. The van der Waals surface area contributed by atoms with Crippen LogP contribution in [0.5, 0.6) is 5.75 Å². The number of aromatic nitrogens is 2.